The van der Waals surface area contributed by atoms with Crippen LogP contribution in [0.2, 0.25) is 5.02 Å². The van der Waals surface area contributed by atoms with E-state index >= 15 is 0 Å². The minimum Gasteiger partial charge on any atom is -0.457 e. The lowest BCUT2D eigenvalue weighted by atomic mass is 10.2. The van der Waals surface area contributed by atoms with Crippen molar-refractivity contribution in [3.05, 3.63) is 89.8 Å². The van der Waals surface area contributed by atoms with Crippen LogP contribution in [0.5, 0.6) is 11.5 Å². The van der Waals surface area contributed by atoms with Crippen LogP contribution in [-0.4, -0.2) is 16.0 Å². The molecule has 1 aromatic heterocycles. The van der Waals surface area contributed by atoms with Gasteiger partial charge in [0.1, 0.15) is 11.5 Å². The van der Waals surface area contributed by atoms with E-state index in [4.69, 9.17) is 20.9 Å². The van der Waals surface area contributed by atoms with Crippen LogP contribution in [0.1, 0.15) is 12.3 Å². The number of para-hydroxylation sites is 1. The van der Waals surface area contributed by atoms with Crippen LogP contribution >= 0.6 is 11.6 Å². The van der Waals surface area contributed by atoms with Crippen molar-refractivity contribution in [2.24, 2.45) is 0 Å². The maximum absolute atomic E-state index is 12.2. The second kappa shape index (κ2) is 9.24. The van der Waals surface area contributed by atoms with Gasteiger partial charge in [-0.2, -0.15) is 4.98 Å². The van der Waals surface area contributed by atoms with E-state index < -0.39 is 0 Å². The summed E-state index contributed by atoms with van der Waals surface area (Å²) in [4.78, 5) is 16.6. The highest BCUT2D eigenvalue weighted by Crippen LogP contribution is 2.23. The first-order valence-corrected chi connectivity index (χ1v) is 9.75. The smallest absolute Gasteiger partial charge is 0.227 e. The van der Waals surface area contributed by atoms with Gasteiger partial charge in [0.2, 0.25) is 17.6 Å². The van der Waals surface area contributed by atoms with Crippen molar-refractivity contribution in [2.45, 2.75) is 12.8 Å². The van der Waals surface area contributed by atoms with Crippen molar-refractivity contribution in [3.63, 3.8) is 0 Å². The summed E-state index contributed by atoms with van der Waals surface area (Å²) >= 11 is 5.88. The van der Waals surface area contributed by atoms with Gasteiger partial charge in [-0.25, -0.2) is 0 Å². The van der Waals surface area contributed by atoms with Crippen LogP contribution in [-0.2, 0) is 11.2 Å². The molecule has 7 heteroatoms. The minimum absolute atomic E-state index is 0.141. The number of ether oxygens (including phenoxy) is 1. The van der Waals surface area contributed by atoms with E-state index in [1.54, 1.807) is 36.4 Å². The highest BCUT2D eigenvalue weighted by Gasteiger charge is 2.11. The fourth-order valence-electron chi connectivity index (χ4n) is 2.75. The number of halogens is 1. The number of hydrogen-bond acceptors (Lipinski definition) is 5. The lowest BCUT2D eigenvalue weighted by Gasteiger charge is -2.07. The van der Waals surface area contributed by atoms with Gasteiger partial charge in [-0.15, -0.1) is 0 Å². The van der Waals surface area contributed by atoms with Crippen LogP contribution in [0.3, 0.4) is 0 Å². The number of amides is 1. The first-order chi connectivity index (χ1) is 14.7. The zero-order valence-electron chi connectivity index (χ0n) is 15.9. The minimum atomic E-state index is -0.141. The first-order valence-electron chi connectivity index (χ1n) is 9.37. The van der Waals surface area contributed by atoms with Crippen LogP contribution in [0.4, 0.5) is 5.69 Å². The molecule has 0 radical (unpaired) electrons. The van der Waals surface area contributed by atoms with Gasteiger partial charge in [0.05, 0.1) is 0 Å². The van der Waals surface area contributed by atoms with Gasteiger partial charge in [0.15, 0.2) is 0 Å². The summed E-state index contributed by atoms with van der Waals surface area (Å²) < 4.78 is 11.0. The summed E-state index contributed by atoms with van der Waals surface area (Å²) in [5, 5.41) is 7.43. The quantitative estimate of drug-likeness (QED) is 0.412. The van der Waals surface area contributed by atoms with Gasteiger partial charge < -0.3 is 14.6 Å². The molecule has 0 unspecified atom stereocenters. The molecule has 0 aliphatic rings. The van der Waals surface area contributed by atoms with Crippen molar-refractivity contribution in [1.82, 2.24) is 10.1 Å². The third kappa shape index (κ3) is 5.24. The topological polar surface area (TPSA) is 77.2 Å². The highest BCUT2D eigenvalue weighted by molar-refractivity contribution is 6.30. The predicted octanol–water partition coefficient (Wildman–Crippen LogP) is 5.75. The molecule has 6 nitrogen and oxygen atoms in total. The second-order valence-electron chi connectivity index (χ2n) is 6.51. The molecule has 0 aliphatic carbocycles. The number of carbonyl (C=O) groups is 1. The number of anilines is 1. The van der Waals surface area contributed by atoms with Crippen molar-refractivity contribution >= 4 is 23.2 Å². The van der Waals surface area contributed by atoms with Gasteiger partial charge in [0.25, 0.3) is 0 Å². The molecule has 0 saturated carbocycles. The second-order valence-corrected chi connectivity index (χ2v) is 6.94. The molecule has 0 atom stereocenters. The largest absolute Gasteiger partial charge is 0.457 e. The molecule has 4 rings (SSSR count). The maximum atomic E-state index is 12.2. The number of benzene rings is 3. The zero-order valence-corrected chi connectivity index (χ0v) is 16.7. The number of aromatic nitrogens is 2. The van der Waals surface area contributed by atoms with E-state index in [0.29, 0.717) is 34.6 Å². The van der Waals surface area contributed by atoms with Gasteiger partial charge in [-0.1, -0.05) is 35.0 Å². The molecular weight excluding hydrogens is 402 g/mol. The zero-order chi connectivity index (χ0) is 20.8. The van der Waals surface area contributed by atoms with Crippen LogP contribution in [0.15, 0.2) is 83.4 Å². The number of rotatable bonds is 7. The van der Waals surface area contributed by atoms with Crippen molar-refractivity contribution in [1.29, 1.82) is 0 Å². The maximum Gasteiger partial charge on any atom is 0.227 e. The summed E-state index contributed by atoms with van der Waals surface area (Å²) in [6.45, 7) is 0. The van der Waals surface area contributed by atoms with E-state index in [2.05, 4.69) is 15.5 Å². The Hall–Kier alpha value is -3.64. The molecule has 3 aromatic carbocycles. The van der Waals surface area contributed by atoms with Gasteiger partial charge >= 0.3 is 0 Å². The molecule has 1 heterocycles. The summed E-state index contributed by atoms with van der Waals surface area (Å²) in [6.07, 6.45) is 0.576. The third-order valence-corrected chi connectivity index (χ3v) is 4.51. The number of aryl methyl sites for hydroxylation is 1. The number of hydrogen-bond donors (Lipinski definition) is 1. The molecule has 0 spiro atoms. The Kier molecular flexibility index (Phi) is 6.06. The Morgan fingerprint density at radius 1 is 0.933 bits per heavy atom. The molecule has 0 bridgehead atoms. The summed E-state index contributed by atoms with van der Waals surface area (Å²) in [6, 6.07) is 23.9. The Morgan fingerprint density at radius 2 is 1.63 bits per heavy atom. The van der Waals surface area contributed by atoms with Crippen molar-refractivity contribution in [2.75, 3.05) is 5.32 Å². The third-order valence-electron chi connectivity index (χ3n) is 4.25. The van der Waals surface area contributed by atoms with Crippen molar-refractivity contribution in [3.8, 4) is 22.9 Å². The van der Waals surface area contributed by atoms with E-state index in [1.165, 1.54) is 0 Å². The highest BCUT2D eigenvalue weighted by atomic mass is 35.5. The Labute approximate surface area is 178 Å². The Balaban J connectivity index is 1.28. The van der Waals surface area contributed by atoms with Crippen LogP contribution in [0.25, 0.3) is 11.4 Å². The van der Waals surface area contributed by atoms with Crippen molar-refractivity contribution < 1.29 is 14.1 Å². The Morgan fingerprint density at radius 3 is 2.37 bits per heavy atom. The fraction of sp³-hybridized carbons (Fsp3) is 0.0870. The molecule has 0 fully saturated rings. The molecule has 4 aromatic rings. The average molecular weight is 420 g/mol. The number of nitrogens with one attached hydrogen (secondary N) is 1. The van der Waals surface area contributed by atoms with E-state index in [1.807, 2.05) is 42.5 Å². The molecule has 0 saturated heterocycles. The molecule has 150 valence electrons. The monoisotopic (exact) mass is 419 g/mol. The van der Waals surface area contributed by atoms with E-state index in [9.17, 15) is 4.79 Å². The summed E-state index contributed by atoms with van der Waals surface area (Å²) in [5.41, 5.74) is 1.49. The Bertz CT molecular complexity index is 1110. The van der Waals surface area contributed by atoms with Crippen LogP contribution in [0, 0.1) is 0 Å². The average Bonchev–Trinajstić information content (AvgIpc) is 3.24. The van der Waals surface area contributed by atoms with Gasteiger partial charge in [-0.3, -0.25) is 4.79 Å². The SMILES string of the molecule is O=C(CCc1nc(-c2ccc(Cl)cc2)no1)Nc1ccc(Oc2ccccc2)cc1. The number of nitrogens with zero attached hydrogens (tertiary/aromatic N) is 2. The standard InChI is InChI=1S/C23H18ClN3O3/c24-17-8-6-16(7-9-17)23-26-22(30-27-23)15-14-21(28)25-18-10-12-20(13-11-18)29-19-4-2-1-3-5-19/h1-13H,14-15H2,(H,25,28). The first kappa shape index (κ1) is 19.7. The molecule has 0 aliphatic heterocycles. The van der Waals surface area contributed by atoms with E-state index in [-0.39, 0.29) is 12.3 Å². The summed E-state index contributed by atoms with van der Waals surface area (Å²) in [7, 11) is 0. The fourth-order valence-corrected chi connectivity index (χ4v) is 2.87. The van der Waals surface area contributed by atoms with Gasteiger partial charge in [0, 0.05) is 29.1 Å². The molecule has 1 N–H and O–H groups in total. The lowest BCUT2D eigenvalue weighted by Crippen LogP contribution is -2.12. The predicted molar refractivity (Wildman–Crippen MR) is 115 cm³/mol. The normalized spacial score (nSPS) is 10.6. The van der Waals surface area contributed by atoms with Gasteiger partial charge in [-0.05, 0) is 60.7 Å². The van der Waals surface area contributed by atoms with Crippen LogP contribution < -0.4 is 10.1 Å². The molecular formula is C23H18ClN3O3. The number of carbonyl (C=O) groups excluding carboxylic acids is 1. The summed E-state index contributed by atoms with van der Waals surface area (Å²) in [5.74, 6) is 2.18. The lowest BCUT2D eigenvalue weighted by molar-refractivity contribution is -0.116. The molecule has 1 amide bonds. The van der Waals surface area contributed by atoms with E-state index in [0.717, 1.165) is 11.3 Å². The molecule has 30 heavy (non-hydrogen) atoms.